The van der Waals surface area contributed by atoms with Crippen molar-refractivity contribution in [3.05, 3.63) is 59.2 Å². The second-order valence-corrected chi connectivity index (χ2v) is 10.1. The zero-order valence-electron chi connectivity index (χ0n) is 20.3. The third-order valence-electron chi connectivity index (χ3n) is 8.93. The standard InChI is InChI=1S/C27H30N2O6/c1-29-21(30)14-25-11-12-26(28-24(31)34-15-17-7-5-4-6-8-17)16-35-20(13-27(25,26)29)18-9-10-19(32-2)23(33-3)22(18)25/h4-10,20H,11-16H2,1-3H3,(H,28,31)/t20-,25+,26-,27-/m0/s1. The van der Waals surface area contributed by atoms with Gasteiger partial charge in [-0.1, -0.05) is 36.4 Å². The number of fused-ring (bicyclic) bond motifs is 3. The van der Waals surface area contributed by atoms with Crippen LogP contribution in [0.2, 0.25) is 0 Å². The normalized spacial score (nSPS) is 32.0. The number of nitrogens with zero attached hydrogens (tertiary/aromatic N) is 1. The van der Waals surface area contributed by atoms with Crippen molar-refractivity contribution in [1.29, 1.82) is 0 Å². The van der Waals surface area contributed by atoms with Crippen LogP contribution >= 0.6 is 0 Å². The number of likely N-dealkylation sites (tertiary alicyclic amines) is 1. The maximum atomic E-state index is 13.4. The van der Waals surface area contributed by atoms with E-state index < -0.39 is 22.6 Å². The molecule has 1 spiro atoms. The van der Waals surface area contributed by atoms with E-state index in [1.165, 1.54) is 0 Å². The minimum Gasteiger partial charge on any atom is -0.493 e. The summed E-state index contributed by atoms with van der Waals surface area (Å²) in [6.45, 7) is 0.484. The van der Waals surface area contributed by atoms with Gasteiger partial charge >= 0.3 is 6.09 Å². The Bertz CT molecular complexity index is 1200. The van der Waals surface area contributed by atoms with Gasteiger partial charge in [-0.3, -0.25) is 4.79 Å². The van der Waals surface area contributed by atoms with Crippen molar-refractivity contribution >= 4 is 12.0 Å². The first-order valence-corrected chi connectivity index (χ1v) is 12.0. The number of methoxy groups -OCH3 is 2. The molecular formula is C27H30N2O6. The number of hydrogen-bond acceptors (Lipinski definition) is 6. The highest BCUT2D eigenvalue weighted by Gasteiger charge is 2.79. The number of ether oxygens (including phenoxy) is 4. The van der Waals surface area contributed by atoms with Crippen LogP contribution in [0.3, 0.4) is 0 Å². The van der Waals surface area contributed by atoms with Crippen molar-refractivity contribution < 1.29 is 28.5 Å². The quantitative estimate of drug-likeness (QED) is 0.708. The van der Waals surface area contributed by atoms with E-state index in [2.05, 4.69) is 5.32 Å². The lowest BCUT2D eigenvalue weighted by Crippen LogP contribution is -2.76. The van der Waals surface area contributed by atoms with Gasteiger partial charge in [0.25, 0.3) is 0 Å². The summed E-state index contributed by atoms with van der Waals surface area (Å²) in [5.74, 6) is 1.34. The summed E-state index contributed by atoms with van der Waals surface area (Å²) in [5, 5.41) is 3.20. The Balaban J connectivity index is 1.43. The van der Waals surface area contributed by atoms with Crippen molar-refractivity contribution in [2.45, 2.75) is 54.9 Å². The second-order valence-electron chi connectivity index (χ2n) is 10.1. The third-order valence-corrected chi connectivity index (χ3v) is 8.93. The highest BCUT2D eigenvalue weighted by molar-refractivity contribution is 5.86. The summed E-state index contributed by atoms with van der Waals surface area (Å²) >= 11 is 0. The van der Waals surface area contributed by atoms with E-state index in [9.17, 15) is 9.59 Å². The van der Waals surface area contributed by atoms with E-state index in [0.29, 0.717) is 43.8 Å². The SMILES string of the molecule is COc1ccc2c(c1OC)[C@]13CC[C@]4(NC(=O)OCc5ccccc5)CO[C@H]2C[C@@]41N(C)C(=O)C3. The smallest absolute Gasteiger partial charge is 0.408 e. The van der Waals surface area contributed by atoms with Gasteiger partial charge in [-0.15, -0.1) is 0 Å². The fourth-order valence-electron chi connectivity index (χ4n) is 7.53. The molecule has 0 unspecified atom stereocenters. The molecule has 2 heterocycles. The Morgan fingerprint density at radius 3 is 2.69 bits per heavy atom. The molecule has 184 valence electrons. The molecule has 8 nitrogen and oxygen atoms in total. The van der Waals surface area contributed by atoms with Gasteiger partial charge in [0.15, 0.2) is 11.5 Å². The fourth-order valence-corrected chi connectivity index (χ4v) is 7.53. The van der Waals surface area contributed by atoms with Gasteiger partial charge in [0.05, 0.1) is 38.0 Å². The Hall–Kier alpha value is -3.26. The van der Waals surface area contributed by atoms with Crippen molar-refractivity contribution in [3.63, 3.8) is 0 Å². The molecular weight excluding hydrogens is 448 g/mol. The molecule has 4 atom stereocenters. The Kier molecular flexibility index (Phi) is 4.84. The van der Waals surface area contributed by atoms with Crippen LogP contribution < -0.4 is 14.8 Å². The lowest BCUT2D eigenvalue weighted by molar-refractivity contribution is -0.151. The molecule has 2 aliphatic heterocycles. The number of carbonyl (C=O) groups is 2. The minimum absolute atomic E-state index is 0.0619. The lowest BCUT2D eigenvalue weighted by Gasteiger charge is -2.60. The molecule has 2 amide bonds. The molecule has 2 aromatic rings. The molecule has 6 rings (SSSR count). The third kappa shape index (κ3) is 2.71. The highest BCUT2D eigenvalue weighted by atomic mass is 16.6. The number of amides is 2. The molecule has 35 heavy (non-hydrogen) atoms. The van der Waals surface area contributed by atoms with Crippen LogP contribution in [0.4, 0.5) is 4.79 Å². The van der Waals surface area contributed by atoms with Crippen molar-refractivity contribution in [3.8, 4) is 11.5 Å². The predicted octanol–water partition coefficient (Wildman–Crippen LogP) is 3.48. The molecule has 0 radical (unpaired) electrons. The van der Waals surface area contributed by atoms with Crippen LogP contribution in [0.15, 0.2) is 42.5 Å². The molecule has 3 fully saturated rings. The number of benzene rings is 2. The number of nitrogens with one attached hydrogen (secondary N) is 1. The molecule has 1 N–H and O–H groups in total. The van der Waals surface area contributed by atoms with Gasteiger partial charge in [0.1, 0.15) is 6.61 Å². The minimum atomic E-state index is -0.774. The monoisotopic (exact) mass is 478 g/mol. The first kappa shape index (κ1) is 22.2. The first-order chi connectivity index (χ1) is 16.9. The molecule has 2 aliphatic carbocycles. The maximum Gasteiger partial charge on any atom is 0.408 e. The van der Waals surface area contributed by atoms with Crippen LogP contribution in [0, 0.1) is 0 Å². The number of alkyl carbamates (subject to hydrolysis) is 1. The summed E-state index contributed by atoms with van der Waals surface area (Å²) < 4.78 is 23.6. The van der Waals surface area contributed by atoms with Crippen LogP contribution in [0.5, 0.6) is 11.5 Å². The fraction of sp³-hybridized carbons (Fsp3) is 0.481. The van der Waals surface area contributed by atoms with Gasteiger partial charge in [-0.25, -0.2) is 4.79 Å². The summed E-state index contributed by atoms with van der Waals surface area (Å²) in [7, 11) is 5.11. The maximum absolute atomic E-state index is 13.4. The van der Waals surface area contributed by atoms with Crippen molar-refractivity contribution in [2.24, 2.45) is 0 Å². The molecule has 4 aliphatic rings. The second kappa shape index (κ2) is 7.62. The Morgan fingerprint density at radius 2 is 1.94 bits per heavy atom. The van der Waals surface area contributed by atoms with Gasteiger partial charge < -0.3 is 29.2 Å². The van der Waals surface area contributed by atoms with Crippen LogP contribution in [0.1, 0.15) is 48.5 Å². The van der Waals surface area contributed by atoms with Gasteiger partial charge in [-0.2, -0.15) is 0 Å². The predicted molar refractivity (Wildman–Crippen MR) is 126 cm³/mol. The van der Waals surface area contributed by atoms with E-state index in [-0.39, 0.29) is 18.6 Å². The summed E-state index contributed by atoms with van der Waals surface area (Å²) in [4.78, 5) is 28.4. The first-order valence-electron chi connectivity index (χ1n) is 12.0. The number of hydrogen-bond donors (Lipinski definition) is 1. The van der Waals surface area contributed by atoms with E-state index in [4.69, 9.17) is 18.9 Å². The van der Waals surface area contributed by atoms with Gasteiger partial charge in [-0.05, 0) is 30.0 Å². The van der Waals surface area contributed by atoms with E-state index >= 15 is 0 Å². The molecule has 2 bridgehead atoms. The largest absolute Gasteiger partial charge is 0.493 e. The van der Waals surface area contributed by atoms with E-state index in [1.807, 2.05) is 54.4 Å². The van der Waals surface area contributed by atoms with E-state index in [0.717, 1.165) is 16.7 Å². The summed E-state index contributed by atoms with van der Waals surface area (Å²) in [5.41, 5.74) is 0.983. The number of carbonyl (C=O) groups excluding carboxylic acids is 2. The van der Waals surface area contributed by atoms with Crippen LogP contribution in [0.25, 0.3) is 0 Å². The average Bonchev–Trinajstić information content (AvgIpc) is 3.31. The Labute approximate surface area is 204 Å². The summed E-state index contributed by atoms with van der Waals surface area (Å²) in [6, 6.07) is 13.5. The molecule has 2 aromatic carbocycles. The van der Waals surface area contributed by atoms with Crippen molar-refractivity contribution in [2.75, 3.05) is 27.9 Å². The zero-order valence-corrected chi connectivity index (χ0v) is 20.3. The summed E-state index contributed by atoms with van der Waals surface area (Å²) in [6.07, 6.45) is 1.63. The van der Waals surface area contributed by atoms with Crippen LogP contribution in [-0.4, -0.2) is 55.9 Å². The number of rotatable bonds is 5. The van der Waals surface area contributed by atoms with E-state index in [1.54, 1.807) is 14.2 Å². The van der Waals surface area contributed by atoms with Crippen molar-refractivity contribution in [1.82, 2.24) is 10.2 Å². The molecule has 2 saturated heterocycles. The zero-order chi connectivity index (χ0) is 24.4. The van der Waals surface area contributed by atoms with Gasteiger partial charge in [0.2, 0.25) is 5.91 Å². The molecule has 0 aromatic heterocycles. The lowest BCUT2D eigenvalue weighted by atomic mass is 9.55. The molecule has 1 saturated carbocycles. The highest BCUT2D eigenvalue weighted by Crippen LogP contribution is 2.71. The average molecular weight is 479 g/mol. The number of likely N-dealkylation sites (N-methyl/N-ethyl adjacent to an activating group) is 1. The van der Waals surface area contributed by atoms with Crippen LogP contribution in [-0.2, 0) is 26.3 Å². The molecule has 8 heteroatoms. The Morgan fingerprint density at radius 1 is 1.14 bits per heavy atom. The topological polar surface area (TPSA) is 86.3 Å². The van der Waals surface area contributed by atoms with Gasteiger partial charge in [0, 0.05) is 30.9 Å².